The number of rotatable bonds is 5. The lowest BCUT2D eigenvalue weighted by Gasteiger charge is -2.35. The van der Waals surface area contributed by atoms with E-state index >= 15 is 0 Å². The van der Waals surface area contributed by atoms with E-state index in [2.05, 4.69) is 20.1 Å². The number of hydrogen-bond acceptors (Lipinski definition) is 8. The van der Waals surface area contributed by atoms with Crippen LogP contribution in [0.15, 0.2) is 47.6 Å². The van der Waals surface area contributed by atoms with Gasteiger partial charge in [0.1, 0.15) is 17.2 Å². The summed E-state index contributed by atoms with van der Waals surface area (Å²) in [7, 11) is 0. The maximum Gasteiger partial charge on any atom is 0.227 e. The van der Waals surface area contributed by atoms with Crippen LogP contribution in [0.5, 0.6) is 0 Å². The molecule has 26 heavy (non-hydrogen) atoms. The summed E-state index contributed by atoms with van der Waals surface area (Å²) in [6, 6.07) is 5.90. The highest BCUT2D eigenvalue weighted by Gasteiger charge is 2.34. The molecule has 8 nitrogen and oxygen atoms in total. The van der Waals surface area contributed by atoms with Gasteiger partial charge in [-0.3, -0.25) is 14.5 Å². The third-order valence-electron chi connectivity index (χ3n) is 4.87. The van der Waals surface area contributed by atoms with E-state index in [1.807, 2.05) is 23.1 Å². The number of anilines is 1. The highest BCUT2D eigenvalue weighted by Crippen LogP contribution is 2.22. The lowest BCUT2D eigenvalue weighted by atomic mass is 10.0. The van der Waals surface area contributed by atoms with Crippen LogP contribution in [0.2, 0.25) is 0 Å². The Bertz CT molecular complexity index is 776. The van der Waals surface area contributed by atoms with Gasteiger partial charge in [-0.1, -0.05) is 6.07 Å². The predicted molar refractivity (Wildman–Crippen MR) is 96.9 cm³/mol. The van der Waals surface area contributed by atoms with Gasteiger partial charge in [-0.15, -0.1) is 0 Å². The molecule has 0 atom stereocenters. The number of nitrogens with two attached hydrogens (primary N) is 1. The van der Waals surface area contributed by atoms with E-state index in [0.29, 0.717) is 12.4 Å². The molecule has 2 fully saturated rings. The Hall–Kier alpha value is -2.87. The monoisotopic (exact) mass is 354 g/mol. The van der Waals surface area contributed by atoms with Crippen LogP contribution in [0.3, 0.4) is 0 Å². The van der Waals surface area contributed by atoms with Crippen LogP contribution >= 0.6 is 0 Å². The van der Waals surface area contributed by atoms with Crippen molar-refractivity contribution >= 4 is 17.4 Å². The van der Waals surface area contributed by atoms with Gasteiger partial charge in [0, 0.05) is 51.5 Å². The highest BCUT2D eigenvalue weighted by molar-refractivity contribution is 6.21. The summed E-state index contributed by atoms with van der Waals surface area (Å²) in [4.78, 5) is 35.3. The lowest BCUT2D eigenvalue weighted by Crippen LogP contribution is -2.50. The summed E-state index contributed by atoms with van der Waals surface area (Å²) in [5.74, 6) is 0.494. The number of Topliss-reactive ketones (excluding diaryl/α,β-unsaturated/α-hetero) is 1. The second kappa shape index (κ2) is 6.80. The van der Waals surface area contributed by atoms with E-state index in [4.69, 9.17) is 5.73 Å². The van der Waals surface area contributed by atoms with Crippen LogP contribution in [0.1, 0.15) is 0 Å². The molecule has 136 valence electrons. The molecular weight excluding hydrogens is 332 g/mol. The van der Waals surface area contributed by atoms with Crippen LogP contribution in [-0.2, 0) is 9.59 Å². The first-order valence-corrected chi connectivity index (χ1v) is 8.81. The fourth-order valence-electron chi connectivity index (χ4n) is 3.22. The molecule has 0 radical (unpaired) electrons. The number of carbonyl (C=O) groups is 2. The third kappa shape index (κ3) is 3.28. The zero-order chi connectivity index (χ0) is 18.1. The number of carbonyl (C=O) groups excluding carboxylic acids is 2. The van der Waals surface area contributed by atoms with Gasteiger partial charge in [0.2, 0.25) is 11.6 Å². The number of hydrogen-bond donors (Lipinski definition) is 2. The molecule has 2 aliphatic heterocycles. The van der Waals surface area contributed by atoms with Crippen molar-refractivity contribution in [2.24, 2.45) is 5.73 Å². The minimum absolute atomic E-state index is 0.0199. The molecule has 3 aliphatic rings. The van der Waals surface area contributed by atoms with Crippen molar-refractivity contribution in [2.45, 2.75) is 0 Å². The van der Waals surface area contributed by atoms with Gasteiger partial charge in [-0.2, -0.15) is 0 Å². The van der Waals surface area contributed by atoms with E-state index in [1.54, 1.807) is 6.20 Å². The minimum Gasteiger partial charge on any atom is -0.394 e. The summed E-state index contributed by atoms with van der Waals surface area (Å²) in [5.41, 5.74) is 6.58. The Labute approximate surface area is 151 Å². The first-order chi connectivity index (χ1) is 12.6. The van der Waals surface area contributed by atoms with E-state index in [9.17, 15) is 9.59 Å². The number of ketones is 2. The number of pyridine rings is 1. The molecule has 0 amide bonds. The SMILES string of the molecule is NC1=C(NCN2CCN(c3ccccn3)CC2)C(=O)C=C(N2CC2)C1=O. The number of piperazine rings is 1. The van der Waals surface area contributed by atoms with Crippen molar-refractivity contribution in [3.05, 3.63) is 47.6 Å². The number of nitrogens with zero attached hydrogens (tertiary/aromatic N) is 4. The van der Waals surface area contributed by atoms with Crippen LogP contribution in [-0.4, -0.2) is 72.3 Å². The maximum absolute atomic E-state index is 12.3. The summed E-state index contributed by atoms with van der Waals surface area (Å²) in [6.07, 6.45) is 3.19. The standard InChI is InChI=1S/C18H22N6O2/c19-16-17(14(25)11-13(18(16)26)23-9-10-23)21-12-22-5-7-24(8-6-22)15-3-1-2-4-20-15/h1-4,11,21H,5-10,12,19H2. The predicted octanol–water partition coefficient (Wildman–Crippen LogP) is -0.728. The van der Waals surface area contributed by atoms with E-state index in [-0.39, 0.29) is 23.0 Å². The highest BCUT2D eigenvalue weighted by atomic mass is 16.1. The smallest absolute Gasteiger partial charge is 0.227 e. The van der Waals surface area contributed by atoms with Crippen molar-refractivity contribution < 1.29 is 9.59 Å². The average Bonchev–Trinajstić information content (AvgIpc) is 3.51. The molecule has 4 rings (SSSR count). The molecule has 1 aromatic rings. The molecule has 8 heteroatoms. The van der Waals surface area contributed by atoms with Crippen LogP contribution in [0, 0.1) is 0 Å². The van der Waals surface area contributed by atoms with Crippen molar-refractivity contribution in [3.63, 3.8) is 0 Å². The zero-order valence-corrected chi connectivity index (χ0v) is 14.5. The van der Waals surface area contributed by atoms with Gasteiger partial charge in [-0.05, 0) is 12.1 Å². The van der Waals surface area contributed by atoms with Crippen molar-refractivity contribution in [1.82, 2.24) is 20.1 Å². The van der Waals surface area contributed by atoms with Gasteiger partial charge in [-0.25, -0.2) is 4.98 Å². The molecule has 0 spiro atoms. The molecule has 3 N–H and O–H groups in total. The largest absolute Gasteiger partial charge is 0.394 e. The van der Waals surface area contributed by atoms with Gasteiger partial charge in [0.05, 0.1) is 12.4 Å². The Morgan fingerprint density at radius 2 is 1.77 bits per heavy atom. The van der Waals surface area contributed by atoms with E-state index in [0.717, 1.165) is 45.1 Å². The second-order valence-corrected chi connectivity index (χ2v) is 6.63. The first-order valence-electron chi connectivity index (χ1n) is 8.81. The molecule has 0 unspecified atom stereocenters. The number of allylic oxidation sites excluding steroid dienone is 1. The van der Waals surface area contributed by atoms with Gasteiger partial charge in [0.25, 0.3) is 0 Å². The first kappa shape index (κ1) is 16.6. The Balaban J connectivity index is 1.32. The van der Waals surface area contributed by atoms with Gasteiger partial charge >= 0.3 is 0 Å². The van der Waals surface area contributed by atoms with Crippen LogP contribution in [0.4, 0.5) is 5.82 Å². The zero-order valence-electron chi connectivity index (χ0n) is 14.5. The number of nitrogens with one attached hydrogen (secondary N) is 1. The van der Waals surface area contributed by atoms with Crippen LogP contribution in [0.25, 0.3) is 0 Å². The molecule has 1 aromatic heterocycles. The molecule has 1 aliphatic carbocycles. The molecule has 0 bridgehead atoms. The quantitative estimate of drug-likeness (QED) is 0.528. The van der Waals surface area contributed by atoms with Gasteiger partial charge in [0.15, 0.2) is 0 Å². The Morgan fingerprint density at radius 1 is 1.04 bits per heavy atom. The molecule has 2 saturated heterocycles. The topological polar surface area (TPSA) is 94.6 Å². The normalized spacial score (nSPS) is 21.2. The fourth-order valence-corrected chi connectivity index (χ4v) is 3.22. The van der Waals surface area contributed by atoms with Gasteiger partial charge < -0.3 is 20.9 Å². The minimum atomic E-state index is -0.260. The molecular formula is C18H22N6O2. The maximum atomic E-state index is 12.3. The summed E-state index contributed by atoms with van der Waals surface area (Å²) in [6.45, 7) is 5.50. The summed E-state index contributed by atoms with van der Waals surface area (Å²) in [5, 5.41) is 3.07. The summed E-state index contributed by atoms with van der Waals surface area (Å²) < 4.78 is 0. The fraction of sp³-hybridized carbons (Fsp3) is 0.389. The van der Waals surface area contributed by atoms with Crippen molar-refractivity contribution in [3.8, 4) is 0 Å². The van der Waals surface area contributed by atoms with E-state index in [1.165, 1.54) is 6.08 Å². The Morgan fingerprint density at radius 3 is 2.42 bits per heavy atom. The average molecular weight is 354 g/mol. The third-order valence-corrected chi connectivity index (χ3v) is 4.87. The second-order valence-electron chi connectivity index (χ2n) is 6.63. The number of aromatic nitrogens is 1. The summed E-state index contributed by atoms with van der Waals surface area (Å²) >= 11 is 0. The van der Waals surface area contributed by atoms with E-state index < -0.39 is 0 Å². The molecule has 3 heterocycles. The Kier molecular flexibility index (Phi) is 4.34. The van der Waals surface area contributed by atoms with Crippen LogP contribution < -0.4 is 16.0 Å². The van der Waals surface area contributed by atoms with Crippen molar-refractivity contribution in [2.75, 3.05) is 50.8 Å². The lowest BCUT2D eigenvalue weighted by molar-refractivity contribution is -0.116. The molecule has 0 saturated carbocycles. The van der Waals surface area contributed by atoms with Crippen molar-refractivity contribution in [1.29, 1.82) is 0 Å². The molecule has 0 aromatic carbocycles.